The first-order valence-electron chi connectivity index (χ1n) is 17.8. The predicted octanol–water partition coefficient (Wildman–Crippen LogP) is 13.7. The molecule has 0 heterocycles. The number of thiocarbonyl (C=S) groups is 1. The molecule has 0 fully saturated rings. The van der Waals surface area contributed by atoms with Crippen molar-refractivity contribution in [1.82, 2.24) is 5.32 Å². The maximum Gasteiger partial charge on any atom is 0.130 e. The van der Waals surface area contributed by atoms with Crippen molar-refractivity contribution in [2.75, 3.05) is 11.9 Å². The highest BCUT2D eigenvalue weighted by Crippen LogP contribution is 2.16. The largest absolute Gasteiger partial charge is 0.371 e. The normalized spacial score (nSPS) is 11.3. The van der Waals surface area contributed by atoms with Gasteiger partial charge in [0.05, 0.1) is 0 Å². The van der Waals surface area contributed by atoms with E-state index in [-0.39, 0.29) is 0 Å². The Hall–Kier alpha value is 0.720. The summed E-state index contributed by atoms with van der Waals surface area (Å²) >= 11 is 12.5. The average molecular weight is 649 g/mol. The Morgan fingerprint density at radius 3 is 0.718 bits per heavy atom. The van der Waals surface area contributed by atoms with Gasteiger partial charge in [-0.2, -0.15) is 0 Å². The molecule has 0 atom stereocenters. The quantitative estimate of drug-likeness (QED) is 0.0312. The van der Waals surface area contributed by atoms with Crippen molar-refractivity contribution < 1.29 is 0 Å². The minimum absolute atomic E-state index is 0.630. The van der Waals surface area contributed by atoms with E-state index in [4.69, 9.17) is 12.2 Å². The molecule has 0 saturated carbocycles. The van der Waals surface area contributed by atoms with Gasteiger partial charge >= 0.3 is 0 Å². The van der Waals surface area contributed by atoms with E-state index < -0.39 is 0 Å². The van der Waals surface area contributed by atoms with Gasteiger partial charge in [0.15, 0.2) is 0 Å². The summed E-state index contributed by atoms with van der Waals surface area (Å²) in [6.45, 7) is 0.987. The smallest absolute Gasteiger partial charge is 0.130 e. The zero-order valence-electron chi connectivity index (χ0n) is 26.3. The highest BCUT2D eigenvalue weighted by atomic mass is 79.9. The summed E-state index contributed by atoms with van der Waals surface area (Å²) in [6, 6.07) is 0. The van der Waals surface area contributed by atoms with Crippen molar-refractivity contribution in [2.24, 2.45) is 0 Å². The number of rotatable bonds is 34. The van der Waals surface area contributed by atoms with Crippen LogP contribution >= 0.6 is 40.8 Å². The lowest BCUT2D eigenvalue weighted by atomic mass is 10.0. The summed E-state index contributed by atoms with van der Waals surface area (Å²) in [5.41, 5.74) is 0. The van der Waals surface area contributed by atoms with Crippen LogP contribution in [0.2, 0.25) is 0 Å². The van der Waals surface area contributed by atoms with Gasteiger partial charge in [-0.3, -0.25) is 0 Å². The zero-order valence-corrected chi connectivity index (χ0v) is 29.6. The number of halogens is 1. The molecule has 1 N–H and O–H groups in total. The van der Waals surface area contributed by atoms with E-state index in [1.165, 1.54) is 211 Å². The molecule has 0 rings (SSSR count). The van der Waals surface area contributed by atoms with Crippen LogP contribution < -0.4 is 5.32 Å². The summed E-state index contributed by atoms with van der Waals surface area (Å²) < 4.78 is 0.630. The van der Waals surface area contributed by atoms with Gasteiger partial charge in [-0.25, -0.2) is 0 Å². The maximum atomic E-state index is 4.90. The average Bonchev–Trinajstić information content (AvgIpc) is 2.93. The van der Waals surface area contributed by atoms with Crippen LogP contribution in [0.5, 0.6) is 0 Å². The molecule has 0 aliphatic heterocycles. The lowest BCUT2D eigenvalue weighted by molar-refractivity contribution is 0.512. The van der Waals surface area contributed by atoms with Gasteiger partial charge < -0.3 is 5.32 Å². The second-order valence-corrected chi connectivity index (χ2v) is 14.2. The van der Waals surface area contributed by atoms with Gasteiger partial charge in [-0.1, -0.05) is 221 Å². The number of nitrogens with one attached hydrogen (secondary N) is 1. The van der Waals surface area contributed by atoms with Gasteiger partial charge in [-0.15, -0.1) is 12.6 Å². The molecule has 0 amide bonds. The van der Waals surface area contributed by atoms with Gasteiger partial charge in [0.2, 0.25) is 0 Å². The molecule has 0 saturated heterocycles. The standard InChI is InChI=1S/C35H70BrNS2/c36-33-31-29-27-25-23-21-19-17-15-13-11-9-7-5-3-1-2-4-6-8-10-12-14-16-18-20-22-24-26-28-30-32-34-37-35(38)39/h1-34H2,(H2,37,38,39). The first kappa shape index (κ1) is 39.7. The third kappa shape index (κ3) is 38.7. The first-order valence-corrected chi connectivity index (χ1v) is 19.8. The molecule has 0 unspecified atom stereocenters. The van der Waals surface area contributed by atoms with Crippen LogP contribution in [0.3, 0.4) is 0 Å². The first-order chi connectivity index (χ1) is 19.3. The second kappa shape index (κ2) is 36.7. The molecule has 0 aromatic carbocycles. The molecular formula is C35H70BrNS2. The van der Waals surface area contributed by atoms with Crippen LogP contribution in [0, 0.1) is 0 Å². The Morgan fingerprint density at radius 2 is 0.538 bits per heavy atom. The Bertz CT molecular complexity index is 460. The number of hydrogen-bond acceptors (Lipinski definition) is 1. The Balaban J connectivity index is 3.02. The van der Waals surface area contributed by atoms with Crippen molar-refractivity contribution in [1.29, 1.82) is 0 Å². The van der Waals surface area contributed by atoms with E-state index >= 15 is 0 Å². The molecule has 4 heteroatoms. The number of hydrogen-bond donors (Lipinski definition) is 2. The third-order valence-electron chi connectivity index (χ3n) is 8.34. The monoisotopic (exact) mass is 647 g/mol. The highest BCUT2D eigenvalue weighted by molar-refractivity contribution is 9.09. The van der Waals surface area contributed by atoms with E-state index in [9.17, 15) is 0 Å². The Morgan fingerprint density at radius 1 is 0.359 bits per heavy atom. The molecular weight excluding hydrogens is 578 g/mol. The van der Waals surface area contributed by atoms with Crippen molar-refractivity contribution in [2.45, 2.75) is 205 Å². The molecule has 39 heavy (non-hydrogen) atoms. The fraction of sp³-hybridized carbons (Fsp3) is 0.971. The molecule has 0 aromatic rings. The van der Waals surface area contributed by atoms with Crippen molar-refractivity contribution in [3.63, 3.8) is 0 Å². The van der Waals surface area contributed by atoms with Gasteiger partial charge in [0, 0.05) is 11.9 Å². The van der Waals surface area contributed by atoms with Crippen molar-refractivity contribution in [3.8, 4) is 0 Å². The van der Waals surface area contributed by atoms with E-state index in [2.05, 4.69) is 33.9 Å². The summed E-state index contributed by atoms with van der Waals surface area (Å²) in [7, 11) is 0. The van der Waals surface area contributed by atoms with Crippen LogP contribution in [-0.4, -0.2) is 16.2 Å². The van der Waals surface area contributed by atoms with Gasteiger partial charge in [0.1, 0.15) is 4.32 Å². The Labute approximate surface area is 266 Å². The lowest BCUT2D eigenvalue weighted by Crippen LogP contribution is -2.17. The molecule has 0 aromatic heterocycles. The third-order valence-corrected chi connectivity index (χ3v) is 9.20. The lowest BCUT2D eigenvalue weighted by Gasteiger charge is -2.05. The summed E-state index contributed by atoms with van der Waals surface area (Å²) in [5.74, 6) is 0. The van der Waals surface area contributed by atoms with Crippen LogP contribution in [0.25, 0.3) is 0 Å². The van der Waals surface area contributed by atoms with E-state index in [0.29, 0.717) is 4.32 Å². The minimum atomic E-state index is 0.630. The maximum absolute atomic E-state index is 4.90. The molecule has 0 radical (unpaired) electrons. The number of unbranched alkanes of at least 4 members (excludes halogenated alkanes) is 31. The minimum Gasteiger partial charge on any atom is -0.371 e. The molecule has 0 aliphatic carbocycles. The molecule has 0 aliphatic rings. The second-order valence-electron chi connectivity index (χ2n) is 12.2. The number of thiol groups is 1. The molecule has 1 nitrogen and oxygen atoms in total. The summed E-state index contributed by atoms with van der Waals surface area (Å²) in [5, 5.41) is 4.30. The van der Waals surface area contributed by atoms with Crippen LogP contribution in [-0.2, 0) is 0 Å². The number of alkyl halides is 1. The highest BCUT2D eigenvalue weighted by Gasteiger charge is 1.97. The van der Waals surface area contributed by atoms with E-state index in [0.717, 1.165) is 6.54 Å². The fourth-order valence-electron chi connectivity index (χ4n) is 5.72. The zero-order chi connectivity index (χ0) is 28.3. The van der Waals surface area contributed by atoms with Crippen LogP contribution in [0.4, 0.5) is 0 Å². The Kier molecular flexibility index (Phi) is 37.4. The van der Waals surface area contributed by atoms with Crippen molar-refractivity contribution in [3.05, 3.63) is 0 Å². The van der Waals surface area contributed by atoms with E-state index in [1.54, 1.807) is 0 Å². The molecule has 0 spiro atoms. The molecule has 0 bridgehead atoms. The molecule has 234 valence electrons. The topological polar surface area (TPSA) is 12.0 Å². The van der Waals surface area contributed by atoms with Gasteiger partial charge in [-0.05, 0) is 12.8 Å². The van der Waals surface area contributed by atoms with E-state index in [1.807, 2.05) is 0 Å². The van der Waals surface area contributed by atoms with Crippen molar-refractivity contribution >= 4 is 45.1 Å². The predicted molar refractivity (Wildman–Crippen MR) is 191 cm³/mol. The van der Waals surface area contributed by atoms with Gasteiger partial charge in [0.25, 0.3) is 0 Å². The van der Waals surface area contributed by atoms with Crippen LogP contribution in [0.15, 0.2) is 0 Å². The SMILES string of the molecule is S=C(S)NCCCCCCCCCCCCCCCCCCCCCCCCCCCCCCCCCCBr. The summed E-state index contributed by atoms with van der Waals surface area (Å²) in [6.07, 6.45) is 46.4. The fourth-order valence-corrected chi connectivity index (χ4v) is 6.33. The van der Waals surface area contributed by atoms with Crippen LogP contribution in [0.1, 0.15) is 205 Å². The summed E-state index contributed by atoms with van der Waals surface area (Å²) in [4.78, 5) is 0.